The molecule has 3 aromatic carbocycles. The summed E-state index contributed by atoms with van der Waals surface area (Å²) in [6.45, 7) is 0. The van der Waals surface area contributed by atoms with E-state index in [-0.39, 0.29) is 5.56 Å². The minimum absolute atomic E-state index is 0.131. The summed E-state index contributed by atoms with van der Waals surface area (Å²) < 4.78 is 6.84. The highest BCUT2D eigenvalue weighted by atomic mass is 32.1. The van der Waals surface area contributed by atoms with Gasteiger partial charge in [0, 0.05) is 10.3 Å². The van der Waals surface area contributed by atoms with Crippen LogP contribution in [0.15, 0.2) is 89.4 Å². The Kier molecular flexibility index (Phi) is 4.96. The van der Waals surface area contributed by atoms with Crippen LogP contribution < -0.4 is 10.3 Å². The van der Waals surface area contributed by atoms with Crippen molar-refractivity contribution in [2.24, 2.45) is 0 Å². The summed E-state index contributed by atoms with van der Waals surface area (Å²) in [6.07, 6.45) is 4.03. The van der Waals surface area contributed by atoms with Crippen LogP contribution in [-0.2, 0) is 6.42 Å². The monoisotopic (exact) mass is 464 g/mol. The molecule has 3 aromatic heterocycles. The minimum atomic E-state index is -0.131. The number of nitrogens with zero attached hydrogens (tertiary/aromatic N) is 3. The van der Waals surface area contributed by atoms with Crippen molar-refractivity contribution in [1.82, 2.24) is 19.7 Å². The highest BCUT2D eigenvalue weighted by molar-refractivity contribution is 7.13. The number of fused-ring (bicyclic) bond motifs is 3. The maximum atomic E-state index is 13.7. The van der Waals surface area contributed by atoms with Gasteiger partial charge in [-0.3, -0.25) is 14.5 Å². The molecular weight excluding hydrogens is 444 g/mol. The molecule has 6 rings (SSSR count). The second kappa shape index (κ2) is 8.28. The van der Waals surface area contributed by atoms with Gasteiger partial charge in [-0.1, -0.05) is 42.5 Å². The molecule has 6 aromatic rings. The van der Waals surface area contributed by atoms with Crippen LogP contribution in [-0.4, -0.2) is 26.9 Å². The Balaban J connectivity index is 1.54. The zero-order chi connectivity index (χ0) is 23.1. The lowest BCUT2D eigenvalue weighted by Crippen LogP contribution is -2.20. The smallest absolute Gasteiger partial charge is 0.267 e. The van der Waals surface area contributed by atoms with E-state index in [9.17, 15) is 4.79 Å². The predicted octanol–water partition coefficient (Wildman–Crippen LogP) is 5.59. The second-order valence-electron chi connectivity index (χ2n) is 8.03. The standard InChI is InChI=1S/C27H20N4O2S/c1-33-19-10-8-17(9-11-19)13-18-14-22-25(21-6-3-2-5-20(18)21)28-16-31(27(22)32)26-23(15-29-30-26)24-7-4-12-34-24/h2-12,14-16H,13H2,1H3,(H,29,30). The zero-order valence-corrected chi connectivity index (χ0v) is 19.2. The number of aromatic amines is 1. The van der Waals surface area contributed by atoms with Gasteiger partial charge >= 0.3 is 0 Å². The van der Waals surface area contributed by atoms with E-state index in [0.717, 1.165) is 38.1 Å². The lowest BCUT2D eigenvalue weighted by molar-refractivity contribution is 0.414. The molecule has 6 nitrogen and oxygen atoms in total. The topological polar surface area (TPSA) is 72.8 Å². The summed E-state index contributed by atoms with van der Waals surface area (Å²) in [5.74, 6) is 1.44. The van der Waals surface area contributed by atoms with Gasteiger partial charge in [-0.15, -0.1) is 11.3 Å². The molecule has 1 N–H and O–H groups in total. The summed E-state index contributed by atoms with van der Waals surface area (Å²) in [6, 6.07) is 22.1. The van der Waals surface area contributed by atoms with Crippen LogP contribution in [0.25, 0.3) is 37.9 Å². The van der Waals surface area contributed by atoms with Crippen molar-refractivity contribution in [2.45, 2.75) is 6.42 Å². The molecule has 3 heterocycles. The summed E-state index contributed by atoms with van der Waals surface area (Å²) >= 11 is 1.60. The average Bonchev–Trinajstić information content (AvgIpc) is 3.57. The van der Waals surface area contributed by atoms with E-state index in [1.807, 2.05) is 53.9 Å². The third-order valence-electron chi connectivity index (χ3n) is 6.05. The molecule has 0 saturated carbocycles. The van der Waals surface area contributed by atoms with Gasteiger partial charge in [-0.25, -0.2) is 4.98 Å². The third-order valence-corrected chi connectivity index (χ3v) is 6.96. The molecule has 0 radical (unpaired) electrons. The Morgan fingerprint density at radius 3 is 2.59 bits per heavy atom. The molecule has 0 saturated heterocycles. The minimum Gasteiger partial charge on any atom is -0.497 e. The molecule has 0 aliphatic carbocycles. The molecule has 0 unspecified atom stereocenters. The molecule has 7 heteroatoms. The molecule has 0 aliphatic heterocycles. The van der Waals surface area contributed by atoms with Gasteiger partial charge in [0.15, 0.2) is 0 Å². The largest absolute Gasteiger partial charge is 0.497 e. The van der Waals surface area contributed by atoms with Crippen LogP contribution in [0.3, 0.4) is 0 Å². The van der Waals surface area contributed by atoms with Gasteiger partial charge in [0.2, 0.25) is 0 Å². The van der Waals surface area contributed by atoms with Crippen molar-refractivity contribution in [3.63, 3.8) is 0 Å². The number of H-pyrrole nitrogens is 1. The van der Waals surface area contributed by atoms with Crippen LogP contribution in [0.2, 0.25) is 0 Å². The highest BCUT2D eigenvalue weighted by Gasteiger charge is 2.16. The first-order chi connectivity index (χ1) is 16.7. The first-order valence-electron chi connectivity index (χ1n) is 10.9. The van der Waals surface area contributed by atoms with Crippen molar-refractivity contribution in [3.05, 3.63) is 106 Å². The molecule has 0 fully saturated rings. The fraction of sp³-hybridized carbons (Fsp3) is 0.0741. The van der Waals surface area contributed by atoms with Crippen molar-refractivity contribution in [2.75, 3.05) is 7.11 Å². The maximum Gasteiger partial charge on any atom is 0.267 e. The Morgan fingerprint density at radius 1 is 1.00 bits per heavy atom. The highest BCUT2D eigenvalue weighted by Crippen LogP contribution is 2.30. The van der Waals surface area contributed by atoms with Gasteiger partial charge in [0.05, 0.1) is 29.8 Å². The molecule has 0 aliphatic rings. The lowest BCUT2D eigenvalue weighted by Gasteiger charge is -2.12. The van der Waals surface area contributed by atoms with E-state index in [4.69, 9.17) is 9.72 Å². The first kappa shape index (κ1) is 20.4. The van der Waals surface area contributed by atoms with Crippen LogP contribution in [0.1, 0.15) is 11.1 Å². The number of thiophene rings is 1. The van der Waals surface area contributed by atoms with Crippen LogP contribution in [0.5, 0.6) is 5.75 Å². The van der Waals surface area contributed by atoms with E-state index in [1.165, 1.54) is 0 Å². The van der Waals surface area contributed by atoms with Crippen molar-refractivity contribution in [3.8, 4) is 22.0 Å². The van der Waals surface area contributed by atoms with Crippen molar-refractivity contribution < 1.29 is 4.74 Å². The molecule has 0 bridgehead atoms. The molecule has 34 heavy (non-hydrogen) atoms. The van der Waals surface area contributed by atoms with Crippen molar-refractivity contribution in [1.29, 1.82) is 0 Å². The van der Waals surface area contributed by atoms with E-state index < -0.39 is 0 Å². The fourth-order valence-electron chi connectivity index (χ4n) is 4.38. The van der Waals surface area contributed by atoms with Gasteiger partial charge < -0.3 is 4.74 Å². The Bertz CT molecular complexity index is 1680. The summed E-state index contributed by atoms with van der Waals surface area (Å²) in [5.41, 5.74) is 3.66. The third kappa shape index (κ3) is 3.38. The van der Waals surface area contributed by atoms with Gasteiger partial charge in [-0.2, -0.15) is 5.10 Å². The Labute approximate surface area is 199 Å². The number of aromatic nitrogens is 4. The number of nitrogens with one attached hydrogen (secondary N) is 1. The van der Waals surface area contributed by atoms with Crippen LogP contribution in [0, 0.1) is 0 Å². The fourth-order valence-corrected chi connectivity index (χ4v) is 5.12. The predicted molar refractivity (Wildman–Crippen MR) is 136 cm³/mol. The maximum absolute atomic E-state index is 13.7. The SMILES string of the molecule is COc1ccc(Cc2cc3c(=O)n(-c4[nH]ncc4-c4cccs4)cnc3c3ccccc23)cc1. The quantitative estimate of drug-likeness (QED) is 0.338. The lowest BCUT2D eigenvalue weighted by atomic mass is 9.96. The van der Waals surface area contributed by atoms with E-state index >= 15 is 0 Å². The average molecular weight is 465 g/mol. The summed E-state index contributed by atoms with van der Waals surface area (Å²) in [5, 5.41) is 11.8. The Morgan fingerprint density at radius 2 is 1.82 bits per heavy atom. The van der Waals surface area contributed by atoms with Gasteiger partial charge in [0.1, 0.15) is 17.9 Å². The van der Waals surface area contributed by atoms with Gasteiger partial charge in [0.25, 0.3) is 5.56 Å². The summed E-state index contributed by atoms with van der Waals surface area (Å²) in [4.78, 5) is 19.5. The molecule has 166 valence electrons. The van der Waals surface area contributed by atoms with Crippen LogP contribution >= 0.6 is 11.3 Å². The molecule has 0 spiro atoms. The number of hydrogen-bond acceptors (Lipinski definition) is 5. The van der Waals surface area contributed by atoms with Gasteiger partial charge in [-0.05, 0) is 52.6 Å². The first-order valence-corrected chi connectivity index (χ1v) is 11.7. The summed E-state index contributed by atoms with van der Waals surface area (Å²) in [7, 11) is 1.66. The second-order valence-corrected chi connectivity index (χ2v) is 8.98. The molecule has 0 atom stereocenters. The van der Waals surface area contributed by atoms with E-state index in [2.05, 4.69) is 28.4 Å². The number of ether oxygens (including phenoxy) is 1. The number of benzene rings is 3. The van der Waals surface area contributed by atoms with Crippen LogP contribution in [0.4, 0.5) is 0 Å². The van der Waals surface area contributed by atoms with E-state index in [1.54, 1.807) is 35.5 Å². The number of methoxy groups -OCH3 is 1. The van der Waals surface area contributed by atoms with E-state index in [0.29, 0.717) is 23.1 Å². The Hall–Kier alpha value is -4.23. The van der Waals surface area contributed by atoms with Crippen molar-refractivity contribution >= 4 is 33.0 Å². The normalized spacial score (nSPS) is 11.3. The zero-order valence-electron chi connectivity index (χ0n) is 18.4. The molecule has 0 amide bonds. The molecular formula is C27H20N4O2S. The number of hydrogen-bond donors (Lipinski definition) is 1. The number of rotatable bonds is 5.